The highest BCUT2D eigenvalue weighted by atomic mass is 14.6. The molecular formula is C19H28. The lowest BCUT2D eigenvalue weighted by molar-refractivity contribution is 0.0983. The fraction of sp³-hybridized carbons (Fsp3) is 0.684. The van der Waals surface area contributed by atoms with Crippen LogP contribution in [0.15, 0.2) is 35.5 Å². The van der Waals surface area contributed by atoms with Gasteiger partial charge in [-0.3, -0.25) is 0 Å². The van der Waals surface area contributed by atoms with E-state index in [1.165, 1.54) is 50.5 Å². The molecule has 3 aliphatic carbocycles. The predicted molar refractivity (Wildman–Crippen MR) is 83.0 cm³/mol. The monoisotopic (exact) mass is 256 g/mol. The van der Waals surface area contributed by atoms with Crippen LogP contribution in [0.25, 0.3) is 0 Å². The number of fused-ring (bicyclic) bond motifs is 2. The Bertz CT molecular complexity index is 456. The minimum absolute atomic E-state index is 0.439. The summed E-state index contributed by atoms with van der Waals surface area (Å²) in [5.74, 6) is 0.725. The molecule has 0 heteroatoms. The van der Waals surface area contributed by atoms with Gasteiger partial charge >= 0.3 is 0 Å². The molecule has 0 amide bonds. The first-order valence-electron chi connectivity index (χ1n) is 8.03. The highest BCUT2D eigenvalue weighted by molar-refractivity contribution is 5.40. The van der Waals surface area contributed by atoms with Gasteiger partial charge in [0.2, 0.25) is 0 Å². The summed E-state index contributed by atoms with van der Waals surface area (Å²) in [6.07, 6.45) is 14.7. The van der Waals surface area contributed by atoms with Crippen molar-refractivity contribution in [3.05, 3.63) is 35.5 Å². The molecule has 3 aliphatic rings. The molecule has 0 saturated heterocycles. The van der Waals surface area contributed by atoms with Crippen molar-refractivity contribution in [1.82, 2.24) is 0 Å². The zero-order valence-electron chi connectivity index (χ0n) is 12.9. The lowest BCUT2D eigenvalue weighted by Gasteiger charge is -2.53. The van der Waals surface area contributed by atoms with Crippen molar-refractivity contribution < 1.29 is 0 Å². The van der Waals surface area contributed by atoms with Crippen LogP contribution in [-0.4, -0.2) is 0 Å². The van der Waals surface area contributed by atoms with Crippen molar-refractivity contribution in [2.24, 2.45) is 16.7 Å². The molecule has 0 bridgehead atoms. The number of allylic oxidation sites excluding steroid dienone is 5. The van der Waals surface area contributed by atoms with Crippen LogP contribution < -0.4 is 0 Å². The van der Waals surface area contributed by atoms with Crippen molar-refractivity contribution in [1.29, 1.82) is 0 Å². The Kier molecular flexibility index (Phi) is 3.04. The van der Waals surface area contributed by atoms with E-state index in [0.717, 1.165) is 5.92 Å². The quantitative estimate of drug-likeness (QED) is 0.519. The summed E-state index contributed by atoms with van der Waals surface area (Å²) >= 11 is 0. The Morgan fingerprint density at radius 2 is 1.95 bits per heavy atom. The maximum atomic E-state index is 4.21. The van der Waals surface area contributed by atoms with Crippen LogP contribution in [0.2, 0.25) is 0 Å². The van der Waals surface area contributed by atoms with Gasteiger partial charge < -0.3 is 0 Å². The summed E-state index contributed by atoms with van der Waals surface area (Å²) in [5, 5.41) is 0. The average molecular weight is 256 g/mol. The summed E-state index contributed by atoms with van der Waals surface area (Å²) in [6.45, 7) is 11.3. The van der Waals surface area contributed by atoms with E-state index in [1.807, 2.05) is 0 Å². The van der Waals surface area contributed by atoms with Crippen LogP contribution in [-0.2, 0) is 0 Å². The summed E-state index contributed by atoms with van der Waals surface area (Å²) in [7, 11) is 0. The fourth-order valence-electron chi connectivity index (χ4n) is 5.05. The first-order valence-corrected chi connectivity index (χ1v) is 8.03. The molecule has 2 atom stereocenters. The summed E-state index contributed by atoms with van der Waals surface area (Å²) in [4.78, 5) is 0. The molecule has 0 N–H and O–H groups in total. The van der Waals surface area contributed by atoms with E-state index < -0.39 is 0 Å². The Balaban J connectivity index is 2.01. The zero-order valence-corrected chi connectivity index (χ0v) is 12.9. The third-order valence-electron chi connectivity index (χ3n) is 6.53. The Hall–Kier alpha value is -0.780. The maximum absolute atomic E-state index is 4.21. The predicted octanol–water partition coefficient (Wildman–Crippen LogP) is 5.82. The molecule has 0 aromatic heterocycles. The van der Waals surface area contributed by atoms with Gasteiger partial charge in [-0.2, -0.15) is 0 Å². The summed E-state index contributed by atoms with van der Waals surface area (Å²) in [6, 6.07) is 0. The second-order valence-corrected chi connectivity index (χ2v) is 7.48. The molecule has 2 saturated carbocycles. The standard InChI is InChI=1S/C19H28/c1-14(2)16-8-11-18(4)17(13-16)15(3)7-12-19(18)9-5-6-10-19/h7,12,16H,1,5-6,8-11,13H2,2-4H3. The molecule has 0 aromatic rings. The van der Waals surface area contributed by atoms with Crippen LogP contribution in [0.5, 0.6) is 0 Å². The van der Waals surface area contributed by atoms with Gasteiger partial charge in [-0.1, -0.05) is 55.2 Å². The average Bonchev–Trinajstić information content (AvgIpc) is 2.85. The molecule has 2 unspecified atom stereocenters. The smallest absolute Gasteiger partial charge is 0.00192 e. The van der Waals surface area contributed by atoms with Crippen LogP contribution in [0, 0.1) is 16.7 Å². The summed E-state index contributed by atoms with van der Waals surface area (Å²) < 4.78 is 0. The van der Waals surface area contributed by atoms with Crippen molar-refractivity contribution in [3.63, 3.8) is 0 Å². The number of hydrogen-bond acceptors (Lipinski definition) is 0. The van der Waals surface area contributed by atoms with Gasteiger partial charge in [0.15, 0.2) is 0 Å². The highest BCUT2D eigenvalue weighted by Gasteiger charge is 2.53. The molecular weight excluding hydrogens is 228 g/mol. The Labute approximate surface area is 118 Å². The van der Waals surface area contributed by atoms with Crippen LogP contribution in [0.3, 0.4) is 0 Å². The van der Waals surface area contributed by atoms with E-state index in [4.69, 9.17) is 0 Å². The van der Waals surface area contributed by atoms with Gasteiger partial charge in [0.1, 0.15) is 0 Å². The van der Waals surface area contributed by atoms with Crippen LogP contribution in [0.1, 0.15) is 65.7 Å². The molecule has 0 radical (unpaired) electrons. The van der Waals surface area contributed by atoms with Gasteiger partial charge in [-0.05, 0) is 62.7 Å². The van der Waals surface area contributed by atoms with Gasteiger partial charge in [-0.25, -0.2) is 0 Å². The van der Waals surface area contributed by atoms with E-state index in [9.17, 15) is 0 Å². The van der Waals surface area contributed by atoms with Crippen LogP contribution in [0.4, 0.5) is 0 Å². The molecule has 0 aromatic carbocycles. The Morgan fingerprint density at radius 3 is 2.58 bits per heavy atom. The number of hydrogen-bond donors (Lipinski definition) is 0. The molecule has 2 fully saturated rings. The highest BCUT2D eigenvalue weighted by Crippen LogP contribution is 2.64. The van der Waals surface area contributed by atoms with E-state index >= 15 is 0 Å². The minimum atomic E-state index is 0.439. The maximum Gasteiger partial charge on any atom is -0.00192 e. The van der Waals surface area contributed by atoms with E-state index in [2.05, 4.69) is 39.5 Å². The largest absolute Gasteiger partial charge is 0.0998 e. The van der Waals surface area contributed by atoms with Gasteiger partial charge in [0.05, 0.1) is 0 Å². The lowest BCUT2D eigenvalue weighted by atomic mass is 9.51. The summed E-state index contributed by atoms with van der Waals surface area (Å²) in [5.41, 5.74) is 5.62. The van der Waals surface area contributed by atoms with E-state index in [1.54, 1.807) is 11.1 Å². The molecule has 3 rings (SSSR count). The molecule has 1 spiro atoms. The normalized spacial score (nSPS) is 36.7. The Morgan fingerprint density at radius 1 is 1.26 bits per heavy atom. The third-order valence-corrected chi connectivity index (χ3v) is 6.53. The van der Waals surface area contributed by atoms with Crippen molar-refractivity contribution in [2.45, 2.75) is 65.7 Å². The molecule has 0 aliphatic heterocycles. The van der Waals surface area contributed by atoms with Crippen molar-refractivity contribution in [2.75, 3.05) is 0 Å². The minimum Gasteiger partial charge on any atom is -0.0998 e. The van der Waals surface area contributed by atoms with Gasteiger partial charge in [0.25, 0.3) is 0 Å². The first-order chi connectivity index (χ1) is 8.98. The first kappa shape index (κ1) is 13.2. The molecule has 0 heterocycles. The SMILES string of the molecule is C=C(C)C1CCC2(C)C(=C(C)C=CC23CCCC3)C1. The second-order valence-electron chi connectivity index (χ2n) is 7.48. The third kappa shape index (κ3) is 1.79. The van der Waals surface area contributed by atoms with Crippen molar-refractivity contribution >= 4 is 0 Å². The van der Waals surface area contributed by atoms with E-state index in [-0.39, 0.29) is 0 Å². The van der Waals surface area contributed by atoms with Gasteiger partial charge in [-0.15, -0.1) is 0 Å². The molecule has 0 nitrogen and oxygen atoms in total. The van der Waals surface area contributed by atoms with Crippen LogP contribution >= 0.6 is 0 Å². The molecule has 19 heavy (non-hydrogen) atoms. The zero-order chi connectivity index (χ0) is 13.7. The topological polar surface area (TPSA) is 0 Å². The fourth-order valence-corrected chi connectivity index (χ4v) is 5.05. The lowest BCUT2D eigenvalue weighted by Crippen LogP contribution is -2.43. The molecule has 104 valence electrons. The second kappa shape index (κ2) is 4.36. The van der Waals surface area contributed by atoms with Gasteiger partial charge in [0, 0.05) is 0 Å². The van der Waals surface area contributed by atoms with Crippen molar-refractivity contribution in [3.8, 4) is 0 Å². The van der Waals surface area contributed by atoms with E-state index in [0.29, 0.717) is 10.8 Å². The number of rotatable bonds is 1.